The van der Waals surface area contributed by atoms with Crippen LogP contribution >= 0.6 is 0 Å². The number of hydrogen-bond acceptors (Lipinski definition) is 2. The number of methoxy groups -OCH3 is 1. The van der Waals surface area contributed by atoms with E-state index in [1.54, 1.807) is 7.11 Å². The molecular weight excluding hydrogens is 224 g/mol. The maximum absolute atomic E-state index is 5.73. The molecule has 2 aromatic rings. The second kappa shape index (κ2) is 4.83. The molecule has 0 aliphatic carbocycles. The molecule has 1 heterocycles. The van der Waals surface area contributed by atoms with Gasteiger partial charge in [-0.1, -0.05) is 42.5 Å². The van der Waals surface area contributed by atoms with Crippen LogP contribution in [-0.4, -0.2) is 13.2 Å². The lowest BCUT2D eigenvalue weighted by molar-refractivity contribution is 0.373. The molecule has 0 N–H and O–H groups in total. The fraction of sp³-hybridized carbons (Fsp3) is 0.250. The predicted molar refractivity (Wildman–Crippen MR) is 70.8 cm³/mol. The van der Waals surface area contributed by atoms with Crippen molar-refractivity contribution in [1.29, 1.82) is 0 Å². The molecule has 2 nitrogen and oxygen atoms in total. The highest BCUT2D eigenvalue weighted by Gasteiger charge is 2.39. The van der Waals surface area contributed by atoms with E-state index in [4.69, 9.17) is 9.47 Å². The van der Waals surface area contributed by atoms with Gasteiger partial charge in [0.1, 0.15) is 11.9 Å². The Balaban J connectivity index is 1.62. The Labute approximate surface area is 107 Å². The van der Waals surface area contributed by atoms with Crippen LogP contribution in [-0.2, 0) is 11.2 Å². The SMILES string of the molecule is COc1ccc(C[C@H]2O[C@@H]2c2ccccc2)cc1. The van der Waals surface area contributed by atoms with Gasteiger partial charge < -0.3 is 9.47 Å². The van der Waals surface area contributed by atoms with Gasteiger partial charge in [-0.25, -0.2) is 0 Å². The van der Waals surface area contributed by atoms with Crippen molar-refractivity contribution >= 4 is 0 Å². The molecule has 2 aromatic carbocycles. The van der Waals surface area contributed by atoms with Crippen molar-refractivity contribution < 1.29 is 9.47 Å². The molecule has 0 aromatic heterocycles. The van der Waals surface area contributed by atoms with Gasteiger partial charge >= 0.3 is 0 Å². The number of benzene rings is 2. The Kier molecular flexibility index (Phi) is 3.03. The second-order valence-corrected chi connectivity index (χ2v) is 4.56. The first kappa shape index (κ1) is 11.3. The van der Waals surface area contributed by atoms with Crippen LogP contribution in [0.4, 0.5) is 0 Å². The molecule has 3 rings (SSSR count). The quantitative estimate of drug-likeness (QED) is 0.764. The summed E-state index contributed by atoms with van der Waals surface area (Å²) in [5.74, 6) is 0.898. The molecule has 1 aliphatic heterocycles. The Hall–Kier alpha value is -1.80. The first-order valence-electron chi connectivity index (χ1n) is 6.20. The smallest absolute Gasteiger partial charge is 0.118 e. The van der Waals surface area contributed by atoms with Gasteiger partial charge in [-0.2, -0.15) is 0 Å². The summed E-state index contributed by atoms with van der Waals surface area (Å²) >= 11 is 0. The van der Waals surface area contributed by atoms with E-state index in [2.05, 4.69) is 36.4 Å². The molecule has 0 radical (unpaired) electrons. The molecule has 0 spiro atoms. The predicted octanol–water partition coefficient (Wildman–Crippen LogP) is 3.38. The highest BCUT2D eigenvalue weighted by molar-refractivity contribution is 5.29. The third kappa shape index (κ3) is 2.39. The third-order valence-electron chi connectivity index (χ3n) is 3.31. The second-order valence-electron chi connectivity index (χ2n) is 4.56. The summed E-state index contributed by atoms with van der Waals surface area (Å²) in [4.78, 5) is 0. The van der Waals surface area contributed by atoms with Crippen molar-refractivity contribution in [2.24, 2.45) is 0 Å². The van der Waals surface area contributed by atoms with Crippen LogP contribution in [0.15, 0.2) is 54.6 Å². The van der Waals surface area contributed by atoms with Crippen molar-refractivity contribution in [2.75, 3.05) is 7.11 Å². The summed E-state index contributed by atoms with van der Waals surface area (Å²) in [5, 5.41) is 0. The Bertz CT molecular complexity index is 504. The molecular formula is C16H16O2. The Morgan fingerprint density at radius 2 is 1.72 bits per heavy atom. The van der Waals surface area contributed by atoms with E-state index in [0.29, 0.717) is 6.10 Å². The van der Waals surface area contributed by atoms with Gasteiger partial charge in [-0.05, 0) is 23.3 Å². The maximum atomic E-state index is 5.73. The highest BCUT2D eigenvalue weighted by Crippen LogP contribution is 2.40. The van der Waals surface area contributed by atoms with E-state index in [1.165, 1.54) is 11.1 Å². The Morgan fingerprint density at radius 3 is 2.39 bits per heavy atom. The van der Waals surface area contributed by atoms with Crippen LogP contribution in [0.1, 0.15) is 17.2 Å². The molecule has 0 bridgehead atoms. The van der Waals surface area contributed by atoms with Crippen molar-refractivity contribution in [3.63, 3.8) is 0 Å². The van der Waals surface area contributed by atoms with Crippen LogP contribution in [0.3, 0.4) is 0 Å². The number of ether oxygens (including phenoxy) is 2. The first-order chi connectivity index (χ1) is 8.86. The van der Waals surface area contributed by atoms with Crippen LogP contribution < -0.4 is 4.74 Å². The highest BCUT2D eigenvalue weighted by atomic mass is 16.6. The molecule has 0 amide bonds. The van der Waals surface area contributed by atoms with Gasteiger partial charge in [0.25, 0.3) is 0 Å². The number of hydrogen-bond donors (Lipinski definition) is 0. The normalized spacial score (nSPS) is 21.6. The van der Waals surface area contributed by atoms with Crippen molar-refractivity contribution in [3.8, 4) is 5.75 Å². The van der Waals surface area contributed by atoms with Crippen molar-refractivity contribution in [3.05, 3.63) is 65.7 Å². The molecule has 0 saturated carbocycles. The summed E-state index contributed by atoms with van der Waals surface area (Å²) in [6.07, 6.45) is 1.55. The molecule has 2 heteroatoms. The van der Waals surface area contributed by atoms with E-state index in [1.807, 2.05) is 18.2 Å². The van der Waals surface area contributed by atoms with E-state index in [-0.39, 0.29) is 6.10 Å². The van der Waals surface area contributed by atoms with E-state index in [9.17, 15) is 0 Å². The molecule has 1 saturated heterocycles. The van der Waals surface area contributed by atoms with Crippen LogP contribution in [0.5, 0.6) is 5.75 Å². The van der Waals surface area contributed by atoms with Gasteiger partial charge in [-0.3, -0.25) is 0 Å². The first-order valence-corrected chi connectivity index (χ1v) is 6.20. The van der Waals surface area contributed by atoms with Crippen LogP contribution in [0.2, 0.25) is 0 Å². The zero-order valence-electron chi connectivity index (χ0n) is 10.4. The van der Waals surface area contributed by atoms with Crippen molar-refractivity contribution in [1.82, 2.24) is 0 Å². The Morgan fingerprint density at radius 1 is 1.00 bits per heavy atom. The minimum Gasteiger partial charge on any atom is -0.497 e. The average molecular weight is 240 g/mol. The van der Waals surface area contributed by atoms with E-state index in [0.717, 1.165) is 12.2 Å². The summed E-state index contributed by atoms with van der Waals surface area (Å²) in [5.41, 5.74) is 2.57. The maximum Gasteiger partial charge on any atom is 0.118 e. The lowest BCUT2D eigenvalue weighted by Crippen LogP contribution is -1.95. The lowest BCUT2D eigenvalue weighted by atomic mass is 10.0. The van der Waals surface area contributed by atoms with Crippen molar-refractivity contribution in [2.45, 2.75) is 18.6 Å². The monoisotopic (exact) mass is 240 g/mol. The summed E-state index contributed by atoms with van der Waals surface area (Å²) in [7, 11) is 1.68. The molecule has 1 aliphatic rings. The summed E-state index contributed by atoms with van der Waals surface area (Å²) in [6, 6.07) is 18.6. The fourth-order valence-corrected chi connectivity index (χ4v) is 2.23. The van der Waals surface area contributed by atoms with Gasteiger partial charge in [0, 0.05) is 6.42 Å². The molecule has 1 fully saturated rings. The number of rotatable bonds is 4. The van der Waals surface area contributed by atoms with E-state index < -0.39 is 0 Å². The summed E-state index contributed by atoms with van der Waals surface area (Å²) in [6.45, 7) is 0. The molecule has 92 valence electrons. The lowest BCUT2D eigenvalue weighted by Gasteiger charge is -2.01. The van der Waals surface area contributed by atoms with Crippen LogP contribution in [0.25, 0.3) is 0 Å². The van der Waals surface area contributed by atoms with Gasteiger partial charge in [-0.15, -0.1) is 0 Å². The standard InChI is InChI=1S/C16H16O2/c1-17-14-9-7-12(8-10-14)11-15-16(18-15)13-5-3-2-4-6-13/h2-10,15-16H,11H2,1H3/t15-,16-/m1/s1. The average Bonchev–Trinajstić information content (AvgIpc) is 3.20. The van der Waals surface area contributed by atoms with E-state index >= 15 is 0 Å². The molecule has 2 atom stereocenters. The summed E-state index contributed by atoms with van der Waals surface area (Å²) < 4.78 is 10.9. The molecule has 18 heavy (non-hydrogen) atoms. The zero-order chi connectivity index (χ0) is 12.4. The number of epoxide rings is 1. The minimum absolute atomic E-state index is 0.272. The molecule has 0 unspecified atom stereocenters. The largest absolute Gasteiger partial charge is 0.497 e. The topological polar surface area (TPSA) is 21.8 Å². The zero-order valence-corrected chi connectivity index (χ0v) is 10.4. The third-order valence-corrected chi connectivity index (χ3v) is 3.31. The fourth-order valence-electron chi connectivity index (χ4n) is 2.23. The van der Waals surface area contributed by atoms with Gasteiger partial charge in [0.05, 0.1) is 13.2 Å². The van der Waals surface area contributed by atoms with Crippen LogP contribution in [0, 0.1) is 0 Å². The minimum atomic E-state index is 0.272. The van der Waals surface area contributed by atoms with Gasteiger partial charge in [0.2, 0.25) is 0 Å². The van der Waals surface area contributed by atoms with Gasteiger partial charge in [0.15, 0.2) is 0 Å².